The van der Waals surface area contributed by atoms with E-state index >= 15 is 0 Å². The molecule has 1 amide bonds. The minimum atomic E-state index is -0.0421. The number of anilines is 2. The lowest BCUT2D eigenvalue weighted by molar-refractivity contribution is -0.113. The molecule has 4 aromatic rings. The molecule has 1 aliphatic heterocycles. The molecule has 184 valence electrons. The van der Waals surface area contributed by atoms with E-state index in [9.17, 15) is 4.79 Å². The van der Waals surface area contributed by atoms with Gasteiger partial charge in [0.15, 0.2) is 5.16 Å². The van der Waals surface area contributed by atoms with Crippen molar-refractivity contribution in [3.8, 4) is 0 Å². The van der Waals surface area contributed by atoms with E-state index in [0.717, 1.165) is 54.6 Å². The average Bonchev–Trinajstić information content (AvgIpc) is 3.27. The third kappa shape index (κ3) is 5.80. The Hall–Kier alpha value is -3.55. The van der Waals surface area contributed by atoms with Crippen LogP contribution in [0.4, 0.5) is 11.4 Å². The van der Waals surface area contributed by atoms with Crippen LogP contribution >= 0.6 is 11.8 Å². The number of nitrogens with zero attached hydrogens (tertiary/aromatic N) is 4. The molecule has 0 radical (unpaired) electrons. The number of piperazine rings is 1. The highest BCUT2D eigenvalue weighted by atomic mass is 32.2. The standard InChI is InChI=1S/C29H31N5OS/c1-2-16-34-27-11-7-6-10-26(27)31-29(34)36-22-28(35)30-24-12-14-25(15-13-24)33-19-17-32(18-20-33)21-23-8-4-3-5-9-23/h2-15H,1,16-22H2,(H,30,35). The lowest BCUT2D eigenvalue weighted by Crippen LogP contribution is -2.45. The Bertz CT molecular complexity index is 1310. The third-order valence-corrected chi connectivity index (χ3v) is 7.38. The molecule has 0 unspecified atom stereocenters. The minimum Gasteiger partial charge on any atom is -0.369 e. The van der Waals surface area contributed by atoms with E-state index in [1.165, 1.54) is 23.0 Å². The molecule has 0 bridgehead atoms. The summed E-state index contributed by atoms with van der Waals surface area (Å²) >= 11 is 1.45. The van der Waals surface area contributed by atoms with Crippen molar-refractivity contribution in [2.75, 3.05) is 42.1 Å². The molecular weight excluding hydrogens is 466 g/mol. The first-order valence-corrected chi connectivity index (χ1v) is 13.3. The number of hydrogen-bond acceptors (Lipinski definition) is 5. The van der Waals surface area contributed by atoms with Crippen molar-refractivity contribution in [1.82, 2.24) is 14.5 Å². The Kier molecular flexibility index (Phi) is 7.69. The van der Waals surface area contributed by atoms with E-state index in [1.54, 1.807) is 0 Å². The summed E-state index contributed by atoms with van der Waals surface area (Å²) in [5.41, 5.74) is 5.35. The molecule has 1 fully saturated rings. The molecular formula is C29H31N5OS. The van der Waals surface area contributed by atoms with Crippen LogP contribution < -0.4 is 10.2 Å². The number of thioether (sulfide) groups is 1. The maximum absolute atomic E-state index is 12.6. The Morgan fingerprint density at radius 1 is 0.944 bits per heavy atom. The normalized spacial score (nSPS) is 14.2. The summed E-state index contributed by atoms with van der Waals surface area (Å²) < 4.78 is 2.09. The second-order valence-electron chi connectivity index (χ2n) is 8.91. The third-order valence-electron chi connectivity index (χ3n) is 6.40. The van der Waals surface area contributed by atoms with Crippen LogP contribution in [-0.2, 0) is 17.9 Å². The van der Waals surface area contributed by atoms with E-state index < -0.39 is 0 Å². The number of allylic oxidation sites excluding steroid dienone is 1. The number of imidazole rings is 1. The van der Waals surface area contributed by atoms with Gasteiger partial charge in [0.25, 0.3) is 0 Å². The van der Waals surface area contributed by atoms with Gasteiger partial charge in [0.05, 0.1) is 16.8 Å². The molecule has 1 saturated heterocycles. The summed E-state index contributed by atoms with van der Waals surface area (Å²) in [6, 6.07) is 26.8. The van der Waals surface area contributed by atoms with Crippen LogP contribution in [-0.4, -0.2) is 52.3 Å². The topological polar surface area (TPSA) is 53.4 Å². The van der Waals surface area contributed by atoms with Crippen molar-refractivity contribution in [1.29, 1.82) is 0 Å². The highest BCUT2D eigenvalue weighted by Crippen LogP contribution is 2.25. The quantitative estimate of drug-likeness (QED) is 0.252. The Balaban J connectivity index is 1.12. The maximum atomic E-state index is 12.6. The number of amides is 1. The molecule has 1 N–H and O–H groups in total. The van der Waals surface area contributed by atoms with Gasteiger partial charge in [0, 0.05) is 50.6 Å². The lowest BCUT2D eigenvalue weighted by Gasteiger charge is -2.36. The molecule has 1 aromatic heterocycles. The van der Waals surface area contributed by atoms with Crippen molar-refractivity contribution in [3.05, 3.63) is 97.1 Å². The zero-order chi connectivity index (χ0) is 24.7. The monoisotopic (exact) mass is 497 g/mol. The van der Waals surface area contributed by atoms with Gasteiger partial charge in [-0.2, -0.15) is 0 Å². The predicted molar refractivity (Wildman–Crippen MR) is 150 cm³/mol. The molecule has 0 atom stereocenters. The SMILES string of the molecule is C=CCn1c(SCC(=O)Nc2ccc(N3CCN(Cc4ccccc4)CC3)cc2)nc2ccccc21. The van der Waals surface area contributed by atoms with E-state index in [4.69, 9.17) is 4.98 Å². The largest absolute Gasteiger partial charge is 0.369 e. The molecule has 7 heteroatoms. The zero-order valence-electron chi connectivity index (χ0n) is 20.3. The Labute approximate surface area is 216 Å². The second kappa shape index (κ2) is 11.5. The molecule has 0 aliphatic carbocycles. The fourth-order valence-corrected chi connectivity index (χ4v) is 5.38. The van der Waals surface area contributed by atoms with Crippen molar-refractivity contribution in [3.63, 3.8) is 0 Å². The minimum absolute atomic E-state index is 0.0421. The highest BCUT2D eigenvalue weighted by Gasteiger charge is 2.17. The number of carbonyl (C=O) groups is 1. The second-order valence-corrected chi connectivity index (χ2v) is 9.86. The van der Waals surface area contributed by atoms with Crippen molar-refractivity contribution in [2.24, 2.45) is 0 Å². The molecule has 1 aliphatic rings. The summed E-state index contributed by atoms with van der Waals surface area (Å²) in [5.74, 6) is 0.255. The first-order valence-electron chi connectivity index (χ1n) is 12.3. The number of aromatic nitrogens is 2. The smallest absolute Gasteiger partial charge is 0.234 e. The van der Waals surface area contributed by atoms with Gasteiger partial charge in [-0.3, -0.25) is 9.69 Å². The van der Waals surface area contributed by atoms with Crippen LogP contribution in [0.3, 0.4) is 0 Å². The van der Waals surface area contributed by atoms with E-state index in [0.29, 0.717) is 12.3 Å². The summed E-state index contributed by atoms with van der Waals surface area (Å²) in [4.78, 5) is 22.2. The molecule has 3 aromatic carbocycles. The van der Waals surface area contributed by atoms with Crippen LogP contribution in [0.2, 0.25) is 0 Å². The van der Waals surface area contributed by atoms with E-state index in [1.807, 2.05) is 42.5 Å². The van der Waals surface area contributed by atoms with Gasteiger partial charge in [0.1, 0.15) is 0 Å². The highest BCUT2D eigenvalue weighted by molar-refractivity contribution is 7.99. The molecule has 36 heavy (non-hydrogen) atoms. The molecule has 0 spiro atoms. The van der Waals surface area contributed by atoms with Crippen LogP contribution in [0.5, 0.6) is 0 Å². The lowest BCUT2D eigenvalue weighted by atomic mass is 10.2. The van der Waals surface area contributed by atoms with Gasteiger partial charge in [0.2, 0.25) is 5.91 Å². The van der Waals surface area contributed by atoms with Gasteiger partial charge < -0.3 is 14.8 Å². The number of fused-ring (bicyclic) bond motifs is 1. The van der Waals surface area contributed by atoms with Gasteiger partial charge in [-0.1, -0.05) is 60.3 Å². The van der Waals surface area contributed by atoms with Crippen LogP contribution in [0.15, 0.2) is 96.7 Å². The Morgan fingerprint density at radius 3 is 2.42 bits per heavy atom. The van der Waals surface area contributed by atoms with Crippen molar-refractivity contribution >= 4 is 40.1 Å². The number of hydrogen-bond donors (Lipinski definition) is 1. The van der Waals surface area contributed by atoms with Gasteiger partial charge in [-0.25, -0.2) is 4.98 Å². The summed E-state index contributed by atoms with van der Waals surface area (Å²) in [6.07, 6.45) is 1.85. The summed E-state index contributed by atoms with van der Waals surface area (Å²) in [6.45, 7) is 9.60. The average molecular weight is 498 g/mol. The van der Waals surface area contributed by atoms with Crippen molar-refractivity contribution in [2.45, 2.75) is 18.2 Å². The number of carbonyl (C=O) groups excluding carboxylic acids is 1. The van der Waals surface area contributed by atoms with E-state index in [2.05, 4.69) is 68.7 Å². The Morgan fingerprint density at radius 2 is 1.67 bits per heavy atom. The van der Waals surface area contributed by atoms with Crippen LogP contribution in [0, 0.1) is 0 Å². The summed E-state index contributed by atoms with van der Waals surface area (Å²) in [5, 5.41) is 3.85. The first-order chi connectivity index (χ1) is 17.7. The van der Waals surface area contributed by atoms with Crippen LogP contribution in [0.25, 0.3) is 11.0 Å². The molecule has 0 saturated carbocycles. The fraction of sp³-hybridized carbons (Fsp3) is 0.241. The summed E-state index contributed by atoms with van der Waals surface area (Å²) in [7, 11) is 0. The molecule has 5 rings (SSSR count). The van der Waals surface area contributed by atoms with E-state index in [-0.39, 0.29) is 5.91 Å². The van der Waals surface area contributed by atoms with Gasteiger partial charge >= 0.3 is 0 Å². The zero-order valence-corrected chi connectivity index (χ0v) is 21.2. The maximum Gasteiger partial charge on any atom is 0.234 e. The fourth-order valence-electron chi connectivity index (χ4n) is 4.56. The number of rotatable bonds is 9. The van der Waals surface area contributed by atoms with Crippen LogP contribution in [0.1, 0.15) is 5.56 Å². The first kappa shape index (κ1) is 24.2. The van der Waals surface area contributed by atoms with Gasteiger partial charge in [-0.15, -0.1) is 6.58 Å². The van der Waals surface area contributed by atoms with Gasteiger partial charge in [-0.05, 0) is 42.0 Å². The number of nitrogens with one attached hydrogen (secondary N) is 1. The number of benzene rings is 3. The molecule has 2 heterocycles. The predicted octanol–water partition coefficient (Wildman–Crippen LogP) is 5.28. The van der Waals surface area contributed by atoms with Crippen molar-refractivity contribution < 1.29 is 4.79 Å². The number of para-hydroxylation sites is 2. The molecule has 6 nitrogen and oxygen atoms in total.